The molecule has 0 amide bonds. The van der Waals surface area contributed by atoms with Gasteiger partial charge in [-0.1, -0.05) is 30.1 Å². The van der Waals surface area contributed by atoms with Crippen LogP contribution in [0.25, 0.3) is 0 Å². The Balaban J connectivity index is 1.45. The fourth-order valence-corrected chi connectivity index (χ4v) is 6.59. The van der Waals surface area contributed by atoms with Gasteiger partial charge in [-0.2, -0.15) is 9.29 Å². The lowest BCUT2D eigenvalue weighted by Crippen LogP contribution is -2.49. The molecule has 0 bridgehead atoms. The number of halogens is 1. The van der Waals surface area contributed by atoms with E-state index in [-0.39, 0.29) is 17.4 Å². The molecule has 2 saturated heterocycles. The molecule has 1 aromatic carbocycles. The predicted octanol–water partition coefficient (Wildman–Crippen LogP) is 3.63. The van der Waals surface area contributed by atoms with Crippen LogP contribution in [0, 0.1) is 11.7 Å². The second-order valence-corrected chi connectivity index (χ2v) is 11.0. The molecule has 2 aliphatic heterocycles. The molecule has 3 heterocycles. The number of sulfonamides is 1. The van der Waals surface area contributed by atoms with E-state index in [0.717, 1.165) is 38.5 Å². The topological polar surface area (TPSA) is 85.5 Å². The molecule has 168 valence electrons. The van der Waals surface area contributed by atoms with Crippen molar-refractivity contribution in [2.24, 2.45) is 5.92 Å². The smallest absolute Gasteiger partial charge is 0.246 e. The predicted molar refractivity (Wildman–Crippen MR) is 111 cm³/mol. The Bertz CT molecular complexity index is 1030. The highest BCUT2D eigenvalue weighted by Crippen LogP contribution is 2.46. The molecule has 1 unspecified atom stereocenters. The minimum absolute atomic E-state index is 0.190. The number of ether oxygens (including phenoxy) is 1. The van der Waals surface area contributed by atoms with Gasteiger partial charge in [-0.3, -0.25) is 0 Å². The fraction of sp³-hybridized carbons (Fsp3) is 0.636. The Labute approximate surface area is 182 Å². The number of aromatic nitrogens is 2. The molecule has 0 spiro atoms. The van der Waals surface area contributed by atoms with Crippen LogP contribution in [0.4, 0.5) is 4.39 Å². The van der Waals surface area contributed by atoms with E-state index >= 15 is 0 Å². The lowest BCUT2D eigenvalue weighted by molar-refractivity contribution is 0.0778. The molecule has 9 heteroatoms. The number of hydrogen-bond donors (Lipinski definition) is 0. The Morgan fingerprint density at radius 1 is 1.16 bits per heavy atom. The number of benzene rings is 1. The van der Waals surface area contributed by atoms with Gasteiger partial charge in [-0.25, -0.2) is 12.8 Å². The van der Waals surface area contributed by atoms with E-state index in [1.54, 1.807) is 6.07 Å². The van der Waals surface area contributed by atoms with Crippen LogP contribution in [0.5, 0.6) is 0 Å². The van der Waals surface area contributed by atoms with Crippen molar-refractivity contribution in [3.63, 3.8) is 0 Å². The Morgan fingerprint density at radius 3 is 2.68 bits per heavy atom. The second-order valence-electron chi connectivity index (χ2n) is 9.14. The third-order valence-corrected chi connectivity index (χ3v) is 8.74. The molecule has 2 aromatic rings. The number of rotatable bonds is 6. The maximum absolute atomic E-state index is 14.3. The first-order valence-corrected chi connectivity index (χ1v) is 12.6. The standard InChI is InChI=1S/C22H28FN3O4S/c23-18-4-1-2-5-19(18)31(27,28)26-11-3-10-22(15-26,14-16-6-7-16)21-24-20(30-25-21)17-8-12-29-13-9-17/h1-2,4-5,16-17H,3,6-15H2. The van der Waals surface area contributed by atoms with Gasteiger partial charge in [-0.05, 0) is 50.2 Å². The molecule has 1 aliphatic carbocycles. The first-order valence-electron chi connectivity index (χ1n) is 11.1. The number of piperidine rings is 1. The van der Waals surface area contributed by atoms with Gasteiger partial charge in [0.15, 0.2) is 5.82 Å². The SMILES string of the molecule is O=S(=O)(c1ccccc1F)N1CCCC(CC2CC2)(c2noc(C3CCOCC3)n2)C1. The first kappa shape index (κ1) is 21.0. The van der Waals surface area contributed by atoms with Crippen LogP contribution < -0.4 is 0 Å². The third kappa shape index (κ3) is 4.15. The lowest BCUT2D eigenvalue weighted by atomic mass is 9.75. The summed E-state index contributed by atoms with van der Waals surface area (Å²) in [6, 6.07) is 5.57. The van der Waals surface area contributed by atoms with E-state index in [9.17, 15) is 12.8 Å². The molecule has 3 aliphatic rings. The maximum atomic E-state index is 14.3. The molecule has 1 atom stereocenters. The van der Waals surface area contributed by atoms with Crippen LogP contribution >= 0.6 is 0 Å². The maximum Gasteiger partial charge on any atom is 0.246 e. The third-order valence-electron chi connectivity index (χ3n) is 6.86. The van der Waals surface area contributed by atoms with Crippen LogP contribution in [0.2, 0.25) is 0 Å². The van der Waals surface area contributed by atoms with Crippen molar-refractivity contribution in [3.05, 3.63) is 41.8 Å². The van der Waals surface area contributed by atoms with Gasteiger partial charge < -0.3 is 9.26 Å². The molecule has 5 rings (SSSR count). The average molecular weight is 450 g/mol. The van der Waals surface area contributed by atoms with Crippen molar-refractivity contribution in [3.8, 4) is 0 Å². The Hall–Kier alpha value is -1.84. The van der Waals surface area contributed by atoms with Gasteiger partial charge in [0, 0.05) is 37.6 Å². The van der Waals surface area contributed by atoms with Crippen LogP contribution in [-0.4, -0.2) is 49.2 Å². The highest BCUT2D eigenvalue weighted by atomic mass is 32.2. The lowest BCUT2D eigenvalue weighted by Gasteiger charge is -2.40. The number of hydrogen-bond acceptors (Lipinski definition) is 6. The summed E-state index contributed by atoms with van der Waals surface area (Å²) in [5.41, 5.74) is -0.495. The van der Waals surface area contributed by atoms with Crippen molar-refractivity contribution in [1.29, 1.82) is 0 Å². The van der Waals surface area contributed by atoms with E-state index in [2.05, 4.69) is 5.16 Å². The van der Waals surface area contributed by atoms with Crippen molar-refractivity contribution in [1.82, 2.24) is 14.4 Å². The Morgan fingerprint density at radius 2 is 1.94 bits per heavy atom. The van der Waals surface area contributed by atoms with E-state index in [0.29, 0.717) is 43.8 Å². The summed E-state index contributed by atoms with van der Waals surface area (Å²) in [7, 11) is -3.95. The summed E-state index contributed by atoms with van der Waals surface area (Å²) in [4.78, 5) is 4.52. The van der Waals surface area contributed by atoms with Gasteiger partial charge in [0.05, 0.1) is 0 Å². The summed E-state index contributed by atoms with van der Waals surface area (Å²) >= 11 is 0. The van der Waals surface area contributed by atoms with Crippen molar-refractivity contribution >= 4 is 10.0 Å². The first-order chi connectivity index (χ1) is 15.0. The van der Waals surface area contributed by atoms with Crippen LogP contribution in [-0.2, 0) is 20.2 Å². The van der Waals surface area contributed by atoms with Crippen molar-refractivity contribution in [2.45, 2.75) is 61.2 Å². The zero-order valence-electron chi connectivity index (χ0n) is 17.5. The highest BCUT2D eigenvalue weighted by Gasteiger charge is 2.47. The summed E-state index contributed by atoms with van der Waals surface area (Å²) in [6.45, 7) is 2.00. The monoisotopic (exact) mass is 449 g/mol. The fourth-order valence-electron chi connectivity index (χ4n) is 4.96. The summed E-state index contributed by atoms with van der Waals surface area (Å²) in [5.74, 6) is 1.26. The van der Waals surface area contributed by atoms with Gasteiger partial charge in [-0.15, -0.1) is 0 Å². The van der Waals surface area contributed by atoms with Gasteiger partial charge in [0.1, 0.15) is 10.7 Å². The van der Waals surface area contributed by atoms with Gasteiger partial charge in [0.2, 0.25) is 15.9 Å². The molecule has 1 aromatic heterocycles. The van der Waals surface area contributed by atoms with Gasteiger partial charge >= 0.3 is 0 Å². The minimum atomic E-state index is -3.95. The minimum Gasteiger partial charge on any atom is -0.381 e. The molecule has 3 fully saturated rings. The molecule has 1 saturated carbocycles. The van der Waals surface area contributed by atoms with Crippen molar-refractivity contribution in [2.75, 3.05) is 26.3 Å². The normalized spacial score (nSPS) is 26.2. The van der Waals surface area contributed by atoms with Gasteiger partial charge in [0.25, 0.3) is 0 Å². The van der Waals surface area contributed by atoms with E-state index in [1.165, 1.54) is 22.5 Å². The molecule has 0 N–H and O–H groups in total. The summed E-state index contributed by atoms with van der Waals surface area (Å²) in [5, 5.41) is 4.35. The Kier molecular flexibility index (Phi) is 5.60. The van der Waals surface area contributed by atoms with E-state index in [1.807, 2.05) is 0 Å². The average Bonchev–Trinajstić information content (AvgIpc) is 3.44. The molecule has 0 radical (unpaired) electrons. The molecular formula is C22H28FN3O4S. The second kappa shape index (κ2) is 8.26. The number of nitrogens with zero attached hydrogens (tertiary/aromatic N) is 3. The summed E-state index contributed by atoms with van der Waals surface area (Å²) < 4.78 is 53.4. The molecule has 31 heavy (non-hydrogen) atoms. The quantitative estimate of drug-likeness (QED) is 0.670. The van der Waals surface area contributed by atoms with Crippen molar-refractivity contribution < 1.29 is 22.1 Å². The van der Waals surface area contributed by atoms with Crippen LogP contribution in [0.3, 0.4) is 0 Å². The van der Waals surface area contributed by atoms with E-state index < -0.39 is 21.3 Å². The molecule has 7 nitrogen and oxygen atoms in total. The largest absolute Gasteiger partial charge is 0.381 e. The van der Waals surface area contributed by atoms with E-state index in [4.69, 9.17) is 14.2 Å². The van der Waals surface area contributed by atoms with Crippen LogP contribution in [0.15, 0.2) is 33.7 Å². The zero-order chi connectivity index (χ0) is 21.5. The van der Waals surface area contributed by atoms with Crippen LogP contribution in [0.1, 0.15) is 62.6 Å². The summed E-state index contributed by atoms with van der Waals surface area (Å²) in [6.07, 6.45) is 6.32. The zero-order valence-corrected chi connectivity index (χ0v) is 18.3. The molecular weight excluding hydrogens is 421 g/mol. The highest BCUT2D eigenvalue weighted by molar-refractivity contribution is 7.89.